The van der Waals surface area contributed by atoms with Crippen LogP contribution in [-0.2, 0) is 11.4 Å². The number of amides is 1. The smallest absolute Gasteiger partial charge is 0.229 e. The molecular weight excluding hydrogens is 306 g/mol. The predicted molar refractivity (Wildman–Crippen MR) is 92.0 cm³/mol. The second-order valence-corrected chi connectivity index (χ2v) is 5.90. The Morgan fingerprint density at radius 3 is 2.92 bits per heavy atom. The molecule has 0 saturated heterocycles. The van der Waals surface area contributed by atoms with Gasteiger partial charge >= 0.3 is 0 Å². The first-order valence-corrected chi connectivity index (χ1v) is 8.01. The summed E-state index contributed by atoms with van der Waals surface area (Å²) in [5.74, 6) is 1.36. The van der Waals surface area contributed by atoms with Crippen molar-refractivity contribution >= 4 is 23.4 Å². The van der Waals surface area contributed by atoms with Crippen LogP contribution in [0.25, 0.3) is 0 Å². The number of nitrogens with zero attached hydrogens (tertiary/aromatic N) is 2. The lowest BCUT2D eigenvalue weighted by atomic mass is 10.2. The van der Waals surface area contributed by atoms with E-state index in [-0.39, 0.29) is 18.9 Å². The summed E-state index contributed by atoms with van der Waals surface area (Å²) in [5.41, 5.74) is 7.88. The van der Waals surface area contributed by atoms with Crippen molar-refractivity contribution in [1.29, 1.82) is 0 Å². The summed E-state index contributed by atoms with van der Waals surface area (Å²) < 4.78 is 0. The molecule has 2 aromatic rings. The molecule has 1 aliphatic rings. The maximum absolute atomic E-state index is 10.9. The van der Waals surface area contributed by atoms with Gasteiger partial charge in [0.1, 0.15) is 5.82 Å². The first kappa shape index (κ1) is 16.2. The van der Waals surface area contributed by atoms with E-state index in [0.29, 0.717) is 18.4 Å². The fourth-order valence-corrected chi connectivity index (χ4v) is 2.47. The third-order valence-electron chi connectivity index (χ3n) is 3.86. The third-order valence-corrected chi connectivity index (χ3v) is 3.86. The molecule has 0 aliphatic heterocycles. The molecule has 7 nitrogen and oxygen atoms in total. The van der Waals surface area contributed by atoms with E-state index < -0.39 is 0 Å². The quantitative estimate of drug-likeness (QED) is 0.589. The van der Waals surface area contributed by atoms with Gasteiger partial charge < -0.3 is 21.5 Å². The van der Waals surface area contributed by atoms with Crippen molar-refractivity contribution in [3.8, 4) is 0 Å². The molecule has 0 spiro atoms. The fraction of sp³-hybridized carbons (Fsp3) is 0.353. The van der Waals surface area contributed by atoms with Gasteiger partial charge in [0.15, 0.2) is 0 Å². The summed E-state index contributed by atoms with van der Waals surface area (Å²) in [6.07, 6.45) is 4.36. The Morgan fingerprint density at radius 2 is 2.21 bits per heavy atom. The van der Waals surface area contributed by atoms with Crippen molar-refractivity contribution < 1.29 is 9.90 Å². The molecule has 3 rings (SSSR count). The zero-order valence-corrected chi connectivity index (χ0v) is 13.3. The third kappa shape index (κ3) is 4.20. The standard InChI is InChI=1S/C17H21N5O2/c18-15(24)6-7-19-16-14(12-4-5-12)9-20-17(22-16)21-13-3-1-2-11(8-13)10-23/h1-3,8-9,12,23H,4-7,10H2,(H2,18,24)(H2,19,20,21,22). The molecule has 1 aliphatic carbocycles. The SMILES string of the molecule is NC(=O)CCNc1nc(Nc2cccc(CO)c2)ncc1C1CC1. The lowest BCUT2D eigenvalue weighted by molar-refractivity contribution is -0.117. The Labute approximate surface area is 140 Å². The molecule has 1 aromatic carbocycles. The van der Waals surface area contributed by atoms with Gasteiger partial charge in [0.2, 0.25) is 11.9 Å². The first-order chi connectivity index (χ1) is 11.7. The average Bonchev–Trinajstić information content (AvgIpc) is 3.40. The van der Waals surface area contributed by atoms with Crippen molar-refractivity contribution in [3.63, 3.8) is 0 Å². The Morgan fingerprint density at radius 1 is 1.38 bits per heavy atom. The number of aliphatic hydroxyl groups excluding tert-OH is 1. The van der Waals surface area contributed by atoms with Crippen LogP contribution in [0.15, 0.2) is 30.5 Å². The molecule has 1 aromatic heterocycles. The summed E-state index contributed by atoms with van der Waals surface area (Å²) in [4.78, 5) is 19.8. The molecule has 1 heterocycles. The predicted octanol–water partition coefficient (Wildman–Crippen LogP) is 1.88. The molecule has 1 amide bonds. The minimum Gasteiger partial charge on any atom is -0.392 e. The molecular formula is C17H21N5O2. The van der Waals surface area contributed by atoms with Crippen LogP contribution >= 0.6 is 0 Å². The van der Waals surface area contributed by atoms with E-state index in [0.717, 1.165) is 35.5 Å². The van der Waals surface area contributed by atoms with Crippen molar-refractivity contribution in [1.82, 2.24) is 9.97 Å². The van der Waals surface area contributed by atoms with E-state index in [1.54, 1.807) is 0 Å². The molecule has 1 fully saturated rings. The average molecular weight is 327 g/mol. The van der Waals surface area contributed by atoms with Crippen LogP contribution in [0.5, 0.6) is 0 Å². The zero-order chi connectivity index (χ0) is 16.9. The minimum atomic E-state index is -0.344. The number of hydrogen-bond donors (Lipinski definition) is 4. The van der Waals surface area contributed by atoms with Crippen LogP contribution in [0, 0.1) is 0 Å². The normalized spacial score (nSPS) is 13.5. The topological polar surface area (TPSA) is 113 Å². The second kappa shape index (κ2) is 7.27. The Kier molecular flexibility index (Phi) is 4.90. The largest absolute Gasteiger partial charge is 0.392 e. The number of aliphatic hydroxyl groups is 1. The molecule has 0 unspecified atom stereocenters. The summed E-state index contributed by atoms with van der Waals surface area (Å²) in [6.45, 7) is 0.433. The van der Waals surface area contributed by atoms with Gasteiger partial charge in [-0.2, -0.15) is 4.98 Å². The summed E-state index contributed by atoms with van der Waals surface area (Å²) >= 11 is 0. The Balaban J connectivity index is 1.76. The van der Waals surface area contributed by atoms with E-state index in [2.05, 4.69) is 20.6 Å². The molecule has 0 radical (unpaired) electrons. The highest BCUT2D eigenvalue weighted by atomic mass is 16.3. The summed E-state index contributed by atoms with van der Waals surface area (Å²) in [7, 11) is 0. The van der Waals surface area contributed by atoms with Crippen LogP contribution in [-0.4, -0.2) is 27.5 Å². The van der Waals surface area contributed by atoms with Crippen molar-refractivity contribution in [2.75, 3.05) is 17.2 Å². The lowest BCUT2D eigenvalue weighted by Crippen LogP contribution is -2.17. The highest BCUT2D eigenvalue weighted by Gasteiger charge is 2.27. The molecule has 0 bridgehead atoms. The van der Waals surface area contributed by atoms with Crippen molar-refractivity contribution in [2.24, 2.45) is 5.73 Å². The first-order valence-electron chi connectivity index (χ1n) is 8.01. The van der Waals surface area contributed by atoms with Gasteiger partial charge in [-0.3, -0.25) is 4.79 Å². The molecule has 24 heavy (non-hydrogen) atoms. The zero-order valence-electron chi connectivity index (χ0n) is 13.3. The van der Waals surface area contributed by atoms with Gasteiger partial charge in [0.25, 0.3) is 0 Å². The lowest BCUT2D eigenvalue weighted by Gasteiger charge is -2.12. The maximum atomic E-state index is 10.9. The summed E-state index contributed by atoms with van der Waals surface area (Å²) in [6, 6.07) is 7.44. The van der Waals surface area contributed by atoms with Gasteiger partial charge in [-0.05, 0) is 36.5 Å². The van der Waals surface area contributed by atoms with Gasteiger partial charge in [-0.1, -0.05) is 12.1 Å². The molecule has 126 valence electrons. The monoisotopic (exact) mass is 327 g/mol. The Bertz CT molecular complexity index is 731. The van der Waals surface area contributed by atoms with Crippen molar-refractivity contribution in [3.05, 3.63) is 41.6 Å². The van der Waals surface area contributed by atoms with Gasteiger partial charge in [-0.25, -0.2) is 4.98 Å². The highest BCUT2D eigenvalue weighted by Crippen LogP contribution is 2.42. The molecule has 0 atom stereocenters. The van der Waals surface area contributed by atoms with E-state index in [9.17, 15) is 9.90 Å². The maximum Gasteiger partial charge on any atom is 0.229 e. The number of nitrogens with two attached hydrogens (primary N) is 1. The number of carbonyl (C=O) groups excluding carboxylic acids is 1. The van der Waals surface area contributed by atoms with Crippen molar-refractivity contribution in [2.45, 2.75) is 31.8 Å². The number of rotatable bonds is 8. The summed E-state index contributed by atoms with van der Waals surface area (Å²) in [5, 5.41) is 15.5. The van der Waals surface area contributed by atoms with Gasteiger partial charge in [0, 0.05) is 30.4 Å². The molecule has 1 saturated carbocycles. The van der Waals surface area contributed by atoms with Crippen LogP contribution in [0.1, 0.15) is 36.3 Å². The van der Waals surface area contributed by atoms with E-state index in [4.69, 9.17) is 5.73 Å². The fourth-order valence-electron chi connectivity index (χ4n) is 2.47. The van der Waals surface area contributed by atoms with E-state index >= 15 is 0 Å². The highest BCUT2D eigenvalue weighted by molar-refractivity contribution is 5.74. The van der Waals surface area contributed by atoms with Crippen LogP contribution in [0.3, 0.4) is 0 Å². The minimum absolute atomic E-state index is 0.0169. The van der Waals surface area contributed by atoms with Gasteiger partial charge in [-0.15, -0.1) is 0 Å². The number of benzene rings is 1. The van der Waals surface area contributed by atoms with Crippen LogP contribution in [0.4, 0.5) is 17.5 Å². The molecule has 7 heteroatoms. The van der Waals surface area contributed by atoms with E-state index in [1.165, 1.54) is 0 Å². The number of nitrogens with one attached hydrogen (secondary N) is 2. The van der Waals surface area contributed by atoms with E-state index in [1.807, 2.05) is 30.5 Å². The van der Waals surface area contributed by atoms with Crippen LogP contribution < -0.4 is 16.4 Å². The number of carbonyl (C=O) groups is 1. The van der Waals surface area contributed by atoms with Gasteiger partial charge in [0.05, 0.1) is 6.61 Å². The van der Waals surface area contributed by atoms with Crippen LogP contribution in [0.2, 0.25) is 0 Å². The number of anilines is 3. The second-order valence-electron chi connectivity index (χ2n) is 5.90. The Hall–Kier alpha value is -2.67. The number of primary amides is 1. The molecule has 5 N–H and O–H groups in total. The number of hydrogen-bond acceptors (Lipinski definition) is 6. The number of aromatic nitrogens is 2.